The van der Waals surface area contributed by atoms with Gasteiger partial charge in [-0.3, -0.25) is 19.3 Å². The maximum Gasteiger partial charge on any atom is 0.224 e. The van der Waals surface area contributed by atoms with Crippen LogP contribution in [0.1, 0.15) is 64.5 Å². The zero-order chi connectivity index (χ0) is 21.9. The lowest BCUT2D eigenvalue weighted by molar-refractivity contribution is 0.0741. The van der Waals surface area contributed by atoms with Crippen LogP contribution in [0, 0.1) is 5.41 Å². The molecule has 1 aliphatic heterocycles. The Hall–Kier alpha value is -3.34. The van der Waals surface area contributed by atoms with Crippen molar-refractivity contribution in [3.63, 3.8) is 0 Å². The molecule has 3 aromatic rings. The Morgan fingerprint density at radius 3 is 2.06 bits per heavy atom. The summed E-state index contributed by atoms with van der Waals surface area (Å²) in [6, 6.07) is 18.3. The molecule has 2 aromatic carbocycles. The molecule has 0 unspecified atom stereocenters. The number of fused-ring (bicyclic) bond motifs is 3. The van der Waals surface area contributed by atoms with Gasteiger partial charge in [0.25, 0.3) is 0 Å². The first-order valence-electron chi connectivity index (χ1n) is 11.5. The van der Waals surface area contributed by atoms with Crippen LogP contribution in [0.2, 0.25) is 0 Å². The Morgan fingerprint density at radius 2 is 1.44 bits per heavy atom. The minimum atomic E-state index is -0.554. The molecule has 3 aliphatic rings. The molecule has 32 heavy (non-hydrogen) atoms. The summed E-state index contributed by atoms with van der Waals surface area (Å²) < 4.78 is 1.76. The van der Waals surface area contributed by atoms with Gasteiger partial charge in [-0.2, -0.15) is 0 Å². The number of aryl methyl sites for hydroxylation is 2. The van der Waals surface area contributed by atoms with E-state index in [1.54, 1.807) is 10.9 Å². The van der Waals surface area contributed by atoms with Gasteiger partial charge >= 0.3 is 0 Å². The van der Waals surface area contributed by atoms with Gasteiger partial charge in [0.05, 0.1) is 11.5 Å². The molecule has 1 aromatic heterocycles. The second-order valence-corrected chi connectivity index (χ2v) is 9.44. The van der Waals surface area contributed by atoms with Crippen LogP contribution in [-0.4, -0.2) is 22.1 Å². The van der Waals surface area contributed by atoms with E-state index in [2.05, 4.69) is 53.5 Å². The number of aromatic nitrogens is 1. The predicted molar refractivity (Wildman–Crippen MR) is 123 cm³/mol. The molecule has 2 aliphatic carbocycles. The third kappa shape index (κ3) is 2.70. The molecule has 5 nitrogen and oxygen atoms in total. The van der Waals surface area contributed by atoms with E-state index in [4.69, 9.17) is 0 Å². The highest BCUT2D eigenvalue weighted by molar-refractivity contribution is 6.02. The van der Waals surface area contributed by atoms with E-state index in [-0.39, 0.29) is 17.5 Å². The van der Waals surface area contributed by atoms with Crippen LogP contribution in [0.25, 0.3) is 0 Å². The molecule has 1 spiro atoms. The number of carbonyl (C=O) groups excluding carboxylic acids is 1. The molecular formula is C27H26N2O3. The summed E-state index contributed by atoms with van der Waals surface area (Å²) in [7, 11) is 0. The monoisotopic (exact) mass is 426 g/mol. The molecule has 1 fully saturated rings. The highest BCUT2D eigenvalue weighted by atomic mass is 16.3. The largest absolute Gasteiger partial charge is 0.503 e. The Balaban J connectivity index is 1.64. The number of benzene rings is 2. The van der Waals surface area contributed by atoms with Crippen LogP contribution >= 0.6 is 0 Å². The predicted octanol–water partition coefficient (Wildman–Crippen LogP) is 4.14. The lowest BCUT2D eigenvalue weighted by atomic mass is 9.77. The van der Waals surface area contributed by atoms with Crippen LogP contribution < -0.4 is 10.4 Å². The molecule has 0 amide bonds. The summed E-state index contributed by atoms with van der Waals surface area (Å²) >= 11 is 0. The van der Waals surface area contributed by atoms with Gasteiger partial charge in [-0.25, -0.2) is 0 Å². The normalized spacial score (nSPS) is 19.4. The van der Waals surface area contributed by atoms with Crippen molar-refractivity contribution < 1.29 is 9.90 Å². The number of pyridine rings is 1. The van der Waals surface area contributed by atoms with Crippen LogP contribution in [-0.2, 0) is 12.8 Å². The average Bonchev–Trinajstić information content (AvgIpc) is 3.22. The first-order chi connectivity index (χ1) is 15.6. The van der Waals surface area contributed by atoms with Crippen molar-refractivity contribution in [2.24, 2.45) is 5.41 Å². The number of hydrogen-bond acceptors (Lipinski definition) is 4. The lowest BCUT2D eigenvalue weighted by Crippen LogP contribution is -2.55. The summed E-state index contributed by atoms with van der Waals surface area (Å²) in [5.41, 5.74) is 4.15. The zero-order valence-electron chi connectivity index (χ0n) is 18.0. The van der Waals surface area contributed by atoms with Crippen molar-refractivity contribution in [3.8, 4) is 5.75 Å². The molecule has 6 rings (SSSR count). The number of hydrogen-bond donors (Lipinski definition) is 1. The number of Topliss-reactive ketones (excluding diaryl/α,β-unsaturated/α-hetero) is 1. The fraction of sp³-hybridized carbons (Fsp3) is 0.333. The minimum Gasteiger partial charge on any atom is -0.503 e. The third-order valence-corrected chi connectivity index (χ3v) is 7.71. The summed E-state index contributed by atoms with van der Waals surface area (Å²) in [4.78, 5) is 26.0. The zero-order valence-corrected chi connectivity index (χ0v) is 18.0. The van der Waals surface area contributed by atoms with Crippen molar-refractivity contribution >= 4 is 5.78 Å². The van der Waals surface area contributed by atoms with E-state index in [1.165, 1.54) is 28.3 Å². The molecule has 1 saturated carbocycles. The van der Waals surface area contributed by atoms with Crippen LogP contribution in [0.4, 0.5) is 0 Å². The van der Waals surface area contributed by atoms with E-state index in [1.807, 2.05) is 0 Å². The van der Waals surface area contributed by atoms with E-state index in [0.29, 0.717) is 6.54 Å². The van der Waals surface area contributed by atoms with Gasteiger partial charge in [0.1, 0.15) is 0 Å². The number of ketones is 1. The third-order valence-electron chi connectivity index (χ3n) is 7.71. The van der Waals surface area contributed by atoms with E-state index in [9.17, 15) is 14.7 Å². The fourth-order valence-corrected chi connectivity index (χ4v) is 6.12. The molecule has 5 heteroatoms. The molecular weight excluding hydrogens is 400 g/mol. The van der Waals surface area contributed by atoms with Crippen molar-refractivity contribution in [2.45, 2.75) is 44.6 Å². The first kappa shape index (κ1) is 19.4. The summed E-state index contributed by atoms with van der Waals surface area (Å²) in [6.07, 6.45) is 7.16. The van der Waals surface area contributed by atoms with E-state index < -0.39 is 16.6 Å². The quantitative estimate of drug-likeness (QED) is 0.635. The van der Waals surface area contributed by atoms with Gasteiger partial charge in [0.15, 0.2) is 17.2 Å². The molecule has 0 radical (unpaired) electrons. The number of carbonyl (C=O) groups is 1. The highest BCUT2D eigenvalue weighted by Crippen LogP contribution is 2.47. The average molecular weight is 427 g/mol. The van der Waals surface area contributed by atoms with Gasteiger partial charge in [0, 0.05) is 18.8 Å². The Bertz CT molecular complexity index is 1240. The Kier molecular flexibility index (Phi) is 4.29. The standard InChI is InChI=1S/C27H26N2O3/c30-22-13-16-28-24(25(22)31)26(32)27(14-5-6-15-27)17-29(28)23-20-9-3-1-7-18(20)11-12-19-8-2-4-10-21(19)23/h1-4,7-10,13,16,23,31H,5-6,11-12,14-15,17H2. The SMILES string of the molecule is O=C1c2c(O)c(=O)ccn2N(C2c3ccccc3CCc3ccccc32)CC12CCCC2. The van der Waals surface area contributed by atoms with Gasteiger partial charge in [-0.05, 0) is 47.9 Å². The lowest BCUT2D eigenvalue weighted by Gasteiger charge is -2.46. The summed E-state index contributed by atoms with van der Waals surface area (Å²) in [5.74, 6) is -0.514. The second kappa shape index (κ2) is 7.09. The number of aromatic hydroxyl groups is 1. The van der Waals surface area contributed by atoms with Crippen LogP contribution in [0.15, 0.2) is 65.6 Å². The first-order valence-corrected chi connectivity index (χ1v) is 11.5. The Morgan fingerprint density at radius 1 is 0.844 bits per heavy atom. The number of nitrogens with zero attached hydrogens (tertiary/aromatic N) is 2. The van der Waals surface area contributed by atoms with E-state index >= 15 is 0 Å². The van der Waals surface area contributed by atoms with Crippen molar-refractivity contribution in [1.82, 2.24) is 4.68 Å². The highest BCUT2D eigenvalue weighted by Gasteiger charge is 2.50. The van der Waals surface area contributed by atoms with Crippen molar-refractivity contribution in [1.29, 1.82) is 0 Å². The topological polar surface area (TPSA) is 62.5 Å². The molecule has 2 heterocycles. The minimum absolute atomic E-state index is 0.0864. The Labute approximate surface area is 186 Å². The maximum atomic E-state index is 13.7. The van der Waals surface area contributed by atoms with Crippen molar-refractivity contribution in [2.75, 3.05) is 11.6 Å². The van der Waals surface area contributed by atoms with Crippen LogP contribution in [0.5, 0.6) is 5.75 Å². The van der Waals surface area contributed by atoms with Gasteiger partial charge < -0.3 is 5.11 Å². The summed E-state index contributed by atoms with van der Waals surface area (Å²) in [6.45, 7) is 0.578. The van der Waals surface area contributed by atoms with E-state index in [0.717, 1.165) is 38.5 Å². The number of rotatable bonds is 1. The molecule has 0 saturated heterocycles. The fourth-order valence-electron chi connectivity index (χ4n) is 6.12. The van der Waals surface area contributed by atoms with Gasteiger partial charge in [0.2, 0.25) is 5.43 Å². The van der Waals surface area contributed by atoms with Crippen LogP contribution in [0.3, 0.4) is 0 Å². The molecule has 0 bridgehead atoms. The molecule has 1 N–H and O–H groups in total. The maximum absolute atomic E-state index is 13.7. The van der Waals surface area contributed by atoms with Gasteiger partial charge in [-0.1, -0.05) is 61.4 Å². The van der Waals surface area contributed by atoms with Crippen molar-refractivity contribution in [3.05, 3.63) is 99.0 Å². The smallest absolute Gasteiger partial charge is 0.224 e. The van der Waals surface area contributed by atoms with Gasteiger partial charge in [-0.15, -0.1) is 0 Å². The second-order valence-electron chi connectivity index (χ2n) is 9.44. The summed E-state index contributed by atoms with van der Waals surface area (Å²) in [5, 5.41) is 13.0. The molecule has 0 atom stereocenters. The molecule has 162 valence electrons.